The Labute approximate surface area is 46.6 Å². The SMILES string of the molecule is C[N+]1(S)N=CN=N1. The summed E-state index contributed by atoms with van der Waals surface area (Å²) in [6.45, 7) is 0. The lowest BCUT2D eigenvalue weighted by Crippen LogP contribution is -2.14. The van der Waals surface area contributed by atoms with Crippen molar-refractivity contribution >= 4 is 19.2 Å². The Morgan fingerprint density at radius 3 is 2.57 bits per heavy atom. The normalized spacial score (nSPS) is 37.4. The molecule has 1 atom stereocenters. The van der Waals surface area contributed by atoms with E-state index in [0.29, 0.717) is 0 Å². The maximum absolute atomic E-state index is 3.93. The summed E-state index contributed by atoms with van der Waals surface area (Å²) in [5, 5.41) is 10.7. The van der Waals surface area contributed by atoms with E-state index in [0.717, 1.165) is 0 Å². The van der Waals surface area contributed by atoms with E-state index in [1.54, 1.807) is 7.05 Å². The van der Waals surface area contributed by atoms with Crippen LogP contribution < -0.4 is 0 Å². The number of nitrogens with zero attached hydrogens (tertiary/aromatic N) is 4. The summed E-state index contributed by atoms with van der Waals surface area (Å²) in [4.78, 5) is 0. The molecule has 1 aliphatic rings. The molecule has 0 N–H and O–H groups in total. The van der Waals surface area contributed by atoms with Crippen LogP contribution in [0.15, 0.2) is 15.4 Å². The molecule has 0 fully saturated rings. The quantitative estimate of drug-likeness (QED) is 0.356. The Hall–Kier alpha value is -0.420. The molecule has 0 aromatic heterocycles. The predicted molar refractivity (Wildman–Crippen MR) is 28.5 cm³/mol. The second-order valence-corrected chi connectivity index (χ2v) is 2.06. The number of hydrogen-bond donors (Lipinski definition) is 1. The fourth-order valence-corrected chi connectivity index (χ4v) is 0.357. The van der Waals surface area contributed by atoms with Crippen LogP contribution in [0, 0.1) is 0 Å². The molecule has 0 aromatic carbocycles. The molecule has 0 saturated heterocycles. The molecule has 0 spiro atoms. The van der Waals surface area contributed by atoms with Crippen LogP contribution in [0.1, 0.15) is 0 Å². The highest BCUT2D eigenvalue weighted by atomic mass is 32.1. The van der Waals surface area contributed by atoms with Crippen LogP contribution in [0.4, 0.5) is 0 Å². The standard InChI is InChI=1S/C2H5N4S/c1-6(7)4-2-3-5-6/h2,7H,1H3/q+1. The average Bonchev–Trinajstić information content (AvgIpc) is 1.84. The van der Waals surface area contributed by atoms with E-state index in [1.165, 1.54) is 6.34 Å². The molecule has 0 amide bonds. The van der Waals surface area contributed by atoms with Gasteiger partial charge >= 0.3 is 0 Å². The molecule has 1 heterocycles. The van der Waals surface area contributed by atoms with E-state index in [9.17, 15) is 0 Å². The van der Waals surface area contributed by atoms with Gasteiger partial charge in [0.05, 0.1) is 5.22 Å². The van der Waals surface area contributed by atoms with E-state index in [4.69, 9.17) is 0 Å². The van der Waals surface area contributed by atoms with E-state index in [-0.39, 0.29) is 4.11 Å². The van der Waals surface area contributed by atoms with Crippen molar-refractivity contribution in [1.82, 2.24) is 0 Å². The lowest BCUT2D eigenvalue weighted by molar-refractivity contribution is -0.784. The second-order valence-electron chi connectivity index (χ2n) is 1.30. The highest BCUT2D eigenvalue weighted by molar-refractivity contribution is 7.74. The smallest absolute Gasteiger partial charge is 0.0796 e. The van der Waals surface area contributed by atoms with Crippen LogP contribution in [-0.4, -0.2) is 17.5 Å². The van der Waals surface area contributed by atoms with Crippen molar-refractivity contribution in [2.45, 2.75) is 0 Å². The third-order valence-electron chi connectivity index (χ3n) is 0.543. The van der Waals surface area contributed by atoms with Gasteiger partial charge in [-0.3, -0.25) is 0 Å². The Kier molecular flexibility index (Phi) is 0.862. The zero-order valence-electron chi connectivity index (χ0n) is 3.81. The Balaban J connectivity index is 2.77. The molecular formula is C2H5N4S+. The molecule has 7 heavy (non-hydrogen) atoms. The van der Waals surface area contributed by atoms with Crippen LogP contribution in [0.25, 0.3) is 0 Å². The minimum atomic E-state index is -0.0278. The zero-order valence-corrected chi connectivity index (χ0v) is 4.71. The number of rotatable bonds is 0. The molecule has 1 aliphatic heterocycles. The first-order valence-corrected chi connectivity index (χ1v) is 2.16. The lowest BCUT2D eigenvalue weighted by atomic mass is 11.3. The summed E-state index contributed by atoms with van der Waals surface area (Å²) in [6, 6.07) is 0. The Bertz CT molecular complexity index is 112. The van der Waals surface area contributed by atoms with Gasteiger partial charge in [-0.15, -0.1) is 0 Å². The fourth-order valence-electron chi connectivity index (χ4n) is 0.265. The van der Waals surface area contributed by atoms with Crippen LogP contribution >= 0.6 is 12.8 Å². The fraction of sp³-hybridized carbons (Fsp3) is 0.500. The maximum atomic E-state index is 3.93. The van der Waals surface area contributed by atoms with Gasteiger partial charge in [0, 0.05) is 0 Å². The monoisotopic (exact) mass is 117 g/mol. The molecule has 0 radical (unpaired) electrons. The van der Waals surface area contributed by atoms with Crippen LogP contribution in [-0.2, 0) is 0 Å². The summed E-state index contributed by atoms with van der Waals surface area (Å²) in [5.41, 5.74) is 0. The van der Waals surface area contributed by atoms with Gasteiger partial charge in [0.25, 0.3) is 0 Å². The number of thiol groups is 1. The van der Waals surface area contributed by atoms with Gasteiger partial charge < -0.3 is 0 Å². The first kappa shape index (κ1) is 4.73. The zero-order chi connectivity index (χ0) is 5.33. The summed E-state index contributed by atoms with van der Waals surface area (Å²) in [7, 11) is 1.70. The molecule has 0 aromatic rings. The van der Waals surface area contributed by atoms with E-state index in [2.05, 4.69) is 28.3 Å². The van der Waals surface area contributed by atoms with Gasteiger partial charge in [0.1, 0.15) is 19.9 Å². The molecule has 1 rings (SSSR count). The van der Waals surface area contributed by atoms with Gasteiger partial charge in [-0.1, -0.05) is 5.11 Å². The number of quaternary nitrogens is 1. The molecular weight excluding hydrogens is 112 g/mol. The minimum Gasteiger partial charge on any atom is -0.0796 e. The predicted octanol–water partition coefficient (Wildman–Crippen LogP) is 0.602. The maximum Gasteiger partial charge on any atom is 0.202 e. The molecule has 0 saturated carbocycles. The lowest BCUT2D eigenvalue weighted by Gasteiger charge is -2.01. The van der Waals surface area contributed by atoms with Crippen molar-refractivity contribution in [3.05, 3.63) is 0 Å². The highest BCUT2D eigenvalue weighted by Gasteiger charge is 2.17. The van der Waals surface area contributed by atoms with Crippen molar-refractivity contribution in [3.63, 3.8) is 0 Å². The van der Waals surface area contributed by atoms with Gasteiger partial charge in [0.15, 0.2) is 0 Å². The molecule has 38 valence electrons. The first-order chi connectivity index (χ1) is 3.21. The number of hydrogen-bond acceptors (Lipinski definition) is 4. The van der Waals surface area contributed by atoms with E-state index in [1.807, 2.05) is 0 Å². The molecule has 0 bridgehead atoms. The third-order valence-corrected chi connectivity index (χ3v) is 0.726. The molecule has 4 nitrogen and oxygen atoms in total. The Morgan fingerprint density at radius 2 is 2.43 bits per heavy atom. The Morgan fingerprint density at radius 1 is 1.71 bits per heavy atom. The van der Waals surface area contributed by atoms with E-state index < -0.39 is 0 Å². The van der Waals surface area contributed by atoms with Gasteiger partial charge in [-0.05, 0) is 9.21 Å². The average molecular weight is 117 g/mol. The van der Waals surface area contributed by atoms with Crippen molar-refractivity contribution in [2.24, 2.45) is 15.4 Å². The summed E-state index contributed by atoms with van der Waals surface area (Å²) < 4.78 is -0.0278. The summed E-state index contributed by atoms with van der Waals surface area (Å²) in [5.74, 6) is 0. The first-order valence-electron chi connectivity index (χ1n) is 1.76. The van der Waals surface area contributed by atoms with Crippen LogP contribution in [0.2, 0.25) is 0 Å². The molecule has 1 unspecified atom stereocenters. The largest absolute Gasteiger partial charge is 0.202 e. The van der Waals surface area contributed by atoms with Crippen LogP contribution in [0.3, 0.4) is 0 Å². The minimum absolute atomic E-state index is 0.0278. The van der Waals surface area contributed by atoms with Crippen molar-refractivity contribution < 1.29 is 4.11 Å². The van der Waals surface area contributed by atoms with Crippen LogP contribution in [0.5, 0.6) is 0 Å². The molecule has 5 heteroatoms. The second kappa shape index (κ2) is 1.28. The summed E-state index contributed by atoms with van der Waals surface area (Å²) in [6.07, 6.45) is 1.37. The summed E-state index contributed by atoms with van der Waals surface area (Å²) >= 11 is 3.93. The highest BCUT2D eigenvalue weighted by Crippen LogP contribution is 2.12. The van der Waals surface area contributed by atoms with Gasteiger partial charge in [-0.25, -0.2) is 0 Å². The molecule has 0 aliphatic carbocycles. The van der Waals surface area contributed by atoms with Crippen molar-refractivity contribution in [3.8, 4) is 0 Å². The topological polar surface area (TPSA) is 37.1 Å². The van der Waals surface area contributed by atoms with Gasteiger partial charge in [-0.2, -0.15) is 0 Å². The van der Waals surface area contributed by atoms with Gasteiger partial charge in [0.2, 0.25) is 6.34 Å². The third kappa shape index (κ3) is 0.971. The van der Waals surface area contributed by atoms with E-state index >= 15 is 0 Å². The van der Waals surface area contributed by atoms with Crippen molar-refractivity contribution in [1.29, 1.82) is 0 Å². The van der Waals surface area contributed by atoms with Crippen molar-refractivity contribution in [2.75, 3.05) is 7.05 Å².